The lowest BCUT2D eigenvalue weighted by molar-refractivity contribution is -0.0498. The number of nitrogens with one attached hydrogen (secondary N) is 1. The molecule has 0 aliphatic rings. The summed E-state index contributed by atoms with van der Waals surface area (Å²) in [5, 5.41) is 2.62. The Morgan fingerprint density at radius 2 is 2.24 bits per heavy atom. The number of alkyl halides is 2. The van der Waals surface area contributed by atoms with Gasteiger partial charge in [0.15, 0.2) is 0 Å². The molecule has 0 aromatic heterocycles. The number of hydrogen-bond acceptors (Lipinski definition) is 3. The van der Waals surface area contributed by atoms with Crippen LogP contribution in [0.3, 0.4) is 0 Å². The van der Waals surface area contributed by atoms with E-state index in [1.807, 2.05) is 0 Å². The fraction of sp³-hybridized carbons (Fsp3) is 0.364. The van der Waals surface area contributed by atoms with E-state index in [-0.39, 0.29) is 17.2 Å². The van der Waals surface area contributed by atoms with Crippen LogP contribution in [0.2, 0.25) is 0 Å². The molecule has 1 aromatic carbocycles. The van der Waals surface area contributed by atoms with Gasteiger partial charge in [-0.2, -0.15) is 8.78 Å². The number of nitrogens with two attached hydrogens (primary N) is 1. The topological polar surface area (TPSA) is 64.3 Å². The summed E-state index contributed by atoms with van der Waals surface area (Å²) in [6.07, 6.45) is 0.666. The van der Waals surface area contributed by atoms with E-state index in [0.717, 1.165) is 0 Å². The molecule has 0 radical (unpaired) electrons. The third-order valence-electron chi connectivity index (χ3n) is 1.99. The summed E-state index contributed by atoms with van der Waals surface area (Å²) >= 11 is 0. The number of amides is 1. The van der Waals surface area contributed by atoms with Gasteiger partial charge in [0.1, 0.15) is 5.75 Å². The lowest BCUT2D eigenvalue weighted by Gasteiger charge is -2.07. The maximum atomic E-state index is 12.0. The Bertz CT molecular complexity index is 372. The van der Waals surface area contributed by atoms with Gasteiger partial charge in [0.25, 0.3) is 5.91 Å². The highest BCUT2D eigenvalue weighted by Crippen LogP contribution is 2.15. The molecule has 94 valence electrons. The zero-order valence-corrected chi connectivity index (χ0v) is 9.16. The number of halogens is 2. The minimum Gasteiger partial charge on any atom is -0.435 e. The molecule has 6 heteroatoms. The second-order valence-corrected chi connectivity index (χ2v) is 3.30. The minimum absolute atomic E-state index is 0.0357. The largest absolute Gasteiger partial charge is 0.435 e. The van der Waals surface area contributed by atoms with E-state index >= 15 is 0 Å². The molecule has 0 heterocycles. The Kier molecular flexibility index (Phi) is 5.35. The van der Waals surface area contributed by atoms with E-state index in [1.54, 1.807) is 0 Å². The number of rotatable bonds is 6. The molecule has 0 unspecified atom stereocenters. The first-order valence-corrected chi connectivity index (χ1v) is 5.16. The third kappa shape index (κ3) is 4.78. The van der Waals surface area contributed by atoms with E-state index in [4.69, 9.17) is 5.73 Å². The monoisotopic (exact) mass is 244 g/mol. The van der Waals surface area contributed by atoms with Gasteiger partial charge in [-0.15, -0.1) is 0 Å². The Morgan fingerprint density at radius 3 is 2.88 bits per heavy atom. The summed E-state index contributed by atoms with van der Waals surface area (Å²) in [5.74, 6) is -0.371. The van der Waals surface area contributed by atoms with Crippen LogP contribution in [-0.4, -0.2) is 25.6 Å². The van der Waals surface area contributed by atoms with E-state index in [2.05, 4.69) is 10.1 Å². The zero-order valence-electron chi connectivity index (χ0n) is 9.16. The van der Waals surface area contributed by atoms with Crippen molar-refractivity contribution in [1.82, 2.24) is 5.32 Å². The Balaban J connectivity index is 2.60. The van der Waals surface area contributed by atoms with E-state index in [1.165, 1.54) is 24.3 Å². The number of carbonyl (C=O) groups excluding carboxylic acids is 1. The molecule has 17 heavy (non-hydrogen) atoms. The second kappa shape index (κ2) is 6.80. The van der Waals surface area contributed by atoms with Crippen molar-refractivity contribution in [3.05, 3.63) is 29.8 Å². The summed E-state index contributed by atoms with van der Waals surface area (Å²) in [6.45, 7) is -1.96. The highest BCUT2D eigenvalue weighted by atomic mass is 19.3. The van der Waals surface area contributed by atoms with Gasteiger partial charge < -0.3 is 15.8 Å². The predicted octanol–water partition coefficient (Wildman–Crippen LogP) is 1.37. The molecule has 0 atom stereocenters. The summed E-state index contributed by atoms with van der Waals surface area (Å²) in [6, 6.07) is 5.64. The van der Waals surface area contributed by atoms with Crippen LogP contribution in [0.5, 0.6) is 5.75 Å². The summed E-state index contributed by atoms with van der Waals surface area (Å²) in [4.78, 5) is 11.6. The first-order valence-electron chi connectivity index (χ1n) is 5.16. The molecule has 0 aliphatic heterocycles. The van der Waals surface area contributed by atoms with Crippen molar-refractivity contribution in [1.29, 1.82) is 0 Å². The standard InChI is InChI=1S/C11H14F2N2O2/c12-11(13)17-9-4-1-3-8(7-9)10(16)15-6-2-5-14/h1,3-4,7,11H,2,5-6,14H2,(H,15,16). The lowest BCUT2D eigenvalue weighted by Crippen LogP contribution is -2.25. The van der Waals surface area contributed by atoms with Crippen molar-refractivity contribution in [2.45, 2.75) is 13.0 Å². The second-order valence-electron chi connectivity index (χ2n) is 3.30. The summed E-state index contributed by atoms with van der Waals surface area (Å²) in [7, 11) is 0. The fourth-order valence-corrected chi connectivity index (χ4v) is 1.22. The number of ether oxygens (including phenoxy) is 1. The quantitative estimate of drug-likeness (QED) is 0.743. The Morgan fingerprint density at radius 1 is 1.47 bits per heavy atom. The average Bonchev–Trinajstić information content (AvgIpc) is 2.28. The normalized spacial score (nSPS) is 10.4. The van der Waals surface area contributed by atoms with Crippen molar-refractivity contribution in [3.63, 3.8) is 0 Å². The first kappa shape index (κ1) is 13.4. The molecule has 1 aromatic rings. The minimum atomic E-state index is -2.90. The van der Waals surface area contributed by atoms with Gasteiger partial charge in [-0.25, -0.2) is 0 Å². The van der Waals surface area contributed by atoms with Crippen LogP contribution in [0.15, 0.2) is 24.3 Å². The first-order chi connectivity index (χ1) is 8.13. The van der Waals surface area contributed by atoms with E-state index in [0.29, 0.717) is 19.5 Å². The highest BCUT2D eigenvalue weighted by Gasteiger charge is 2.08. The van der Waals surface area contributed by atoms with Crippen molar-refractivity contribution in [2.24, 2.45) is 5.73 Å². The molecular weight excluding hydrogens is 230 g/mol. The van der Waals surface area contributed by atoms with Crippen LogP contribution in [-0.2, 0) is 0 Å². The maximum absolute atomic E-state index is 12.0. The van der Waals surface area contributed by atoms with Crippen LogP contribution in [0.4, 0.5) is 8.78 Å². The van der Waals surface area contributed by atoms with Gasteiger partial charge in [0.05, 0.1) is 0 Å². The van der Waals surface area contributed by atoms with Gasteiger partial charge in [-0.3, -0.25) is 4.79 Å². The summed E-state index contributed by atoms with van der Waals surface area (Å²) in [5.41, 5.74) is 5.56. The van der Waals surface area contributed by atoms with Gasteiger partial charge in [-0.05, 0) is 31.2 Å². The van der Waals surface area contributed by atoms with Crippen LogP contribution in [0, 0.1) is 0 Å². The van der Waals surface area contributed by atoms with Gasteiger partial charge in [-0.1, -0.05) is 6.07 Å². The van der Waals surface area contributed by atoms with Gasteiger partial charge >= 0.3 is 6.61 Å². The van der Waals surface area contributed by atoms with Gasteiger partial charge in [0, 0.05) is 12.1 Å². The highest BCUT2D eigenvalue weighted by molar-refractivity contribution is 5.94. The van der Waals surface area contributed by atoms with Crippen molar-refractivity contribution in [2.75, 3.05) is 13.1 Å². The van der Waals surface area contributed by atoms with Crippen molar-refractivity contribution >= 4 is 5.91 Å². The predicted molar refractivity (Wildman–Crippen MR) is 59.1 cm³/mol. The van der Waals surface area contributed by atoms with Crippen molar-refractivity contribution < 1.29 is 18.3 Å². The SMILES string of the molecule is NCCCNC(=O)c1cccc(OC(F)F)c1. The molecule has 0 saturated heterocycles. The Hall–Kier alpha value is -1.69. The van der Waals surface area contributed by atoms with Crippen LogP contribution < -0.4 is 15.8 Å². The molecule has 4 nitrogen and oxygen atoms in total. The molecule has 1 rings (SSSR count). The molecule has 0 aliphatic carbocycles. The maximum Gasteiger partial charge on any atom is 0.387 e. The number of carbonyl (C=O) groups is 1. The average molecular weight is 244 g/mol. The van der Waals surface area contributed by atoms with Crippen LogP contribution >= 0.6 is 0 Å². The number of benzene rings is 1. The molecule has 0 spiro atoms. The third-order valence-corrected chi connectivity index (χ3v) is 1.99. The number of hydrogen-bond donors (Lipinski definition) is 2. The molecular formula is C11H14F2N2O2. The fourth-order valence-electron chi connectivity index (χ4n) is 1.22. The molecule has 0 fully saturated rings. The molecule has 0 saturated carbocycles. The lowest BCUT2D eigenvalue weighted by atomic mass is 10.2. The Labute approximate surface area is 97.8 Å². The molecule has 0 bridgehead atoms. The van der Waals surface area contributed by atoms with E-state index in [9.17, 15) is 13.6 Å². The van der Waals surface area contributed by atoms with Crippen molar-refractivity contribution in [3.8, 4) is 5.75 Å². The molecule has 3 N–H and O–H groups in total. The smallest absolute Gasteiger partial charge is 0.387 e. The summed E-state index contributed by atoms with van der Waals surface area (Å²) < 4.78 is 28.1. The van der Waals surface area contributed by atoms with Crippen LogP contribution in [0.25, 0.3) is 0 Å². The zero-order chi connectivity index (χ0) is 12.7. The van der Waals surface area contributed by atoms with E-state index < -0.39 is 6.61 Å². The van der Waals surface area contributed by atoms with Crippen LogP contribution in [0.1, 0.15) is 16.8 Å². The molecule has 1 amide bonds. The van der Waals surface area contributed by atoms with Gasteiger partial charge in [0.2, 0.25) is 0 Å².